The monoisotopic (exact) mass is 476 g/mol. The second-order valence-corrected chi connectivity index (χ2v) is 10.2. The standard InChI is InChI=1S/C29H37FN4O/c1-22-20-24-6-7-25(29(35)31-13-19-32-14-2-3-15-32)21-28(24)34(22)27-11-17-33(18-12-27)16-10-23-4-8-26(30)9-5-23/h4-9,20-21,27H,2-3,10-19H2,1H3,(H,31,35). The molecule has 2 aliphatic heterocycles. The normalized spacial score (nSPS) is 17.9. The highest BCUT2D eigenvalue weighted by molar-refractivity contribution is 5.98. The minimum Gasteiger partial charge on any atom is -0.351 e. The van der Waals surface area contributed by atoms with Crippen molar-refractivity contribution in [2.75, 3.05) is 45.8 Å². The lowest BCUT2D eigenvalue weighted by atomic mass is 10.0. The molecule has 0 unspecified atom stereocenters. The second kappa shape index (κ2) is 10.9. The number of carbonyl (C=O) groups is 1. The van der Waals surface area contributed by atoms with Crippen LogP contribution in [0.3, 0.4) is 0 Å². The molecule has 186 valence electrons. The fraction of sp³-hybridized carbons (Fsp3) is 0.483. The average Bonchev–Trinajstić information content (AvgIpc) is 3.50. The Morgan fingerprint density at radius 2 is 1.66 bits per heavy atom. The van der Waals surface area contributed by atoms with Crippen LogP contribution in [-0.4, -0.2) is 66.1 Å². The van der Waals surface area contributed by atoms with E-state index in [9.17, 15) is 9.18 Å². The maximum absolute atomic E-state index is 13.1. The van der Waals surface area contributed by atoms with Crippen molar-refractivity contribution in [1.29, 1.82) is 0 Å². The van der Waals surface area contributed by atoms with Gasteiger partial charge in [-0.25, -0.2) is 4.39 Å². The van der Waals surface area contributed by atoms with Crippen molar-refractivity contribution in [1.82, 2.24) is 19.7 Å². The Kier molecular flexibility index (Phi) is 7.49. The summed E-state index contributed by atoms with van der Waals surface area (Å²) >= 11 is 0. The maximum atomic E-state index is 13.1. The van der Waals surface area contributed by atoms with E-state index in [0.717, 1.165) is 64.1 Å². The number of aryl methyl sites for hydroxylation is 1. The van der Waals surface area contributed by atoms with Crippen LogP contribution >= 0.6 is 0 Å². The third-order valence-corrected chi connectivity index (χ3v) is 7.76. The zero-order valence-corrected chi connectivity index (χ0v) is 20.8. The Labute approximate surface area is 207 Å². The summed E-state index contributed by atoms with van der Waals surface area (Å²) in [7, 11) is 0. The first-order valence-electron chi connectivity index (χ1n) is 13.2. The highest BCUT2D eigenvalue weighted by Gasteiger charge is 2.23. The van der Waals surface area contributed by atoms with Crippen molar-refractivity contribution in [3.8, 4) is 0 Å². The molecule has 1 aromatic heterocycles. The third kappa shape index (κ3) is 5.76. The minimum absolute atomic E-state index is 0.0205. The van der Waals surface area contributed by atoms with Gasteiger partial charge in [-0.05, 0) is 93.4 Å². The van der Waals surface area contributed by atoms with Crippen molar-refractivity contribution < 1.29 is 9.18 Å². The number of fused-ring (bicyclic) bond motifs is 1. The number of nitrogens with zero attached hydrogens (tertiary/aromatic N) is 3. The van der Waals surface area contributed by atoms with Gasteiger partial charge in [0.05, 0.1) is 0 Å². The molecule has 5 nitrogen and oxygen atoms in total. The summed E-state index contributed by atoms with van der Waals surface area (Å²) < 4.78 is 15.6. The van der Waals surface area contributed by atoms with Crippen LogP contribution in [0.1, 0.15) is 53.3 Å². The minimum atomic E-state index is -0.174. The van der Waals surface area contributed by atoms with Gasteiger partial charge >= 0.3 is 0 Å². The molecule has 0 atom stereocenters. The number of hydrogen-bond acceptors (Lipinski definition) is 3. The second-order valence-electron chi connectivity index (χ2n) is 10.2. The van der Waals surface area contributed by atoms with Crippen molar-refractivity contribution in [3.63, 3.8) is 0 Å². The van der Waals surface area contributed by atoms with Crippen LogP contribution in [0.2, 0.25) is 0 Å². The molecule has 0 saturated carbocycles. The van der Waals surface area contributed by atoms with Gasteiger partial charge in [-0.15, -0.1) is 0 Å². The highest BCUT2D eigenvalue weighted by Crippen LogP contribution is 2.31. The maximum Gasteiger partial charge on any atom is 0.251 e. The van der Waals surface area contributed by atoms with Gasteiger partial charge in [0.15, 0.2) is 0 Å². The first-order valence-corrected chi connectivity index (χ1v) is 13.2. The molecule has 3 aromatic rings. The molecule has 0 aliphatic carbocycles. The summed E-state index contributed by atoms with van der Waals surface area (Å²) in [6.07, 6.45) is 5.69. The van der Waals surface area contributed by atoms with E-state index in [2.05, 4.69) is 44.8 Å². The Bertz CT molecular complexity index is 1140. The van der Waals surface area contributed by atoms with Crippen molar-refractivity contribution >= 4 is 16.8 Å². The summed E-state index contributed by atoms with van der Waals surface area (Å²) in [4.78, 5) is 17.8. The van der Waals surface area contributed by atoms with E-state index in [0.29, 0.717) is 12.6 Å². The van der Waals surface area contributed by atoms with Crippen LogP contribution in [0.4, 0.5) is 4.39 Å². The van der Waals surface area contributed by atoms with Gasteiger partial charge in [0, 0.05) is 55.5 Å². The largest absolute Gasteiger partial charge is 0.351 e. The SMILES string of the molecule is Cc1cc2ccc(C(=O)NCCN3CCCC3)cc2n1C1CCN(CCc2ccc(F)cc2)CC1. The molecule has 2 aromatic carbocycles. The lowest BCUT2D eigenvalue weighted by molar-refractivity contribution is 0.0950. The topological polar surface area (TPSA) is 40.5 Å². The van der Waals surface area contributed by atoms with Crippen LogP contribution in [0, 0.1) is 12.7 Å². The number of likely N-dealkylation sites (tertiary alicyclic amines) is 2. The predicted molar refractivity (Wildman–Crippen MR) is 139 cm³/mol. The van der Waals surface area contributed by atoms with E-state index < -0.39 is 0 Å². The number of hydrogen-bond donors (Lipinski definition) is 1. The van der Waals surface area contributed by atoms with E-state index in [1.54, 1.807) is 12.1 Å². The van der Waals surface area contributed by atoms with Gasteiger partial charge in [-0.1, -0.05) is 18.2 Å². The predicted octanol–water partition coefficient (Wildman–Crippen LogP) is 4.79. The lowest BCUT2D eigenvalue weighted by Gasteiger charge is -2.34. The number of piperidine rings is 1. The quantitative estimate of drug-likeness (QED) is 0.508. The van der Waals surface area contributed by atoms with E-state index >= 15 is 0 Å². The molecule has 6 heteroatoms. The molecule has 0 radical (unpaired) electrons. The Hall–Kier alpha value is -2.70. The molecule has 5 rings (SSSR count). The molecule has 0 spiro atoms. The number of carbonyl (C=O) groups excluding carboxylic acids is 1. The van der Waals surface area contributed by atoms with Gasteiger partial charge in [0.1, 0.15) is 5.82 Å². The molecule has 1 amide bonds. The number of amides is 1. The zero-order chi connectivity index (χ0) is 24.2. The van der Waals surface area contributed by atoms with Crippen molar-refractivity contribution in [2.24, 2.45) is 0 Å². The Morgan fingerprint density at radius 1 is 0.943 bits per heavy atom. The summed E-state index contributed by atoms with van der Waals surface area (Å²) in [6, 6.07) is 15.7. The number of halogens is 1. The van der Waals surface area contributed by atoms with Gasteiger partial charge in [0.25, 0.3) is 5.91 Å². The van der Waals surface area contributed by atoms with Crippen LogP contribution < -0.4 is 5.32 Å². The summed E-state index contributed by atoms with van der Waals surface area (Å²) in [6.45, 7) is 9.24. The molecule has 35 heavy (non-hydrogen) atoms. The van der Waals surface area contributed by atoms with Gasteiger partial charge in [-0.3, -0.25) is 4.79 Å². The third-order valence-electron chi connectivity index (χ3n) is 7.76. The molecule has 2 fully saturated rings. The van der Waals surface area contributed by atoms with Gasteiger partial charge in [0.2, 0.25) is 0 Å². The van der Waals surface area contributed by atoms with Crippen molar-refractivity contribution in [3.05, 3.63) is 71.2 Å². The van der Waals surface area contributed by atoms with Crippen molar-refractivity contribution in [2.45, 2.75) is 45.1 Å². The summed E-state index contributed by atoms with van der Waals surface area (Å²) in [5, 5.41) is 4.32. The van der Waals surface area contributed by atoms with Crippen LogP contribution in [0.25, 0.3) is 10.9 Å². The summed E-state index contributed by atoms with van der Waals surface area (Å²) in [5.41, 5.74) is 4.36. The molecule has 0 bridgehead atoms. The number of benzene rings is 2. The molecular formula is C29H37FN4O. The zero-order valence-electron chi connectivity index (χ0n) is 20.8. The van der Waals surface area contributed by atoms with E-state index in [-0.39, 0.29) is 11.7 Å². The smallest absolute Gasteiger partial charge is 0.251 e. The molecule has 1 N–H and O–H groups in total. The van der Waals surface area contributed by atoms with E-state index in [1.165, 1.54) is 35.0 Å². The fourth-order valence-corrected chi connectivity index (χ4v) is 5.76. The van der Waals surface area contributed by atoms with Gasteiger partial charge in [-0.2, -0.15) is 0 Å². The Morgan fingerprint density at radius 3 is 2.40 bits per heavy atom. The number of nitrogens with one attached hydrogen (secondary N) is 1. The Balaban J connectivity index is 1.20. The molecule has 2 saturated heterocycles. The lowest BCUT2D eigenvalue weighted by Crippen LogP contribution is -2.36. The molecule has 2 aliphatic rings. The van der Waals surface area contributed by atoms with Gasteiger partial charge < -0.3 is 19.7 Å². The first kappa shape index (κ1) is 24.0. The fourth-order valence-electron chi connectivity index (χ4n) is 5.76. The molecule has 3 heterocycles. The van der Waals surface area contributed by atoms with E-state index in [1.807, 2.05) is 18.2 Å². The molecular weight excluding hydrogens is 439 g/mol. The number of aromatic nitrogens is 1. The van der Waals surface area contributed by atoms with Crippen LogP contribution in [0.5, 0.6) is 0 Å². The first-order chi connectivity index (χ1) is 17.1. The number of rotatable bonds is 8. The average molecular weight is 477 g/mol. The van der Waals surface area contributed by atoms with Crippen LogP contribution in [-0.2, 0) is 6.42 Å². The highest BCUT2D eigenvalue weighted by atomic mass is 19.1. The summed E-state index contributed by atoms with van der Waals surface area (Å²) in [5.74, 6) is -0.154. The van der Waals surface area contributed by atoms with E-state index in [4.69, 9.17) is 0 Å². The van der Waals surface area contributed by atoms with Crippen LogP contribution in [0.15, 0.2) is 48.5 Å².